The lowest BCUT2D eigenvalue weighted by Crippen LogP contribution is -2.40. The molecular formula is C25H34N6O2S. The van der Waals surface area contributed by atoms with Crippen LogP contribution in [0, 0.1) is 0 Å². The summed E-state index contributed by atoms with van der Waals surface area (Å²) in [6.45, 7) is 5.13. The van der Waals surface area contributed by atoms with Gasteiger partial charge in [0.05, 0.1) is 20.0 Å². The molecule has 1 aromatic carbocycles. The molecule has 3 aromatic rings. The van der Waals surface area contributed by atoms with Crippen LogP contribution in [-0.4, -0.2) is 46.5 Å². The summed E-state index contributed by atoms with van der Waals surface area (Å²) >= 11 is 5.64. The second-order valence-electron chi connectivity index (χ2n) is 7.86. The second-order valence-corrected chi connectivity index (χ2v) is 8.25. The average molecular weight is 483 g/mol. The first-order valence-corrected chi connectivity index (χ1v) is 12.0. The molecule has 3 N–H and O–H groups in total. The number of ether oxygens (including phenoxy) is 2. The maximum absolute atomic E-state index is 6.00. The zero-order valence-electron chi connectivity index (χ0n) is 19.9. The number of nitrogens with zero attached hydrogens (tertiary/aromatic N) is 4. The topological polar surface area (TPSA) is 90.5 Å². The largest absolute Gasteiger partial charge is 0.493 e. The molecule has 34 heavy (non-hydrogen) atoms. The summed E-state index contributed by atoms with van der Waals surface area (Å²) < 4.78 is 13.6. The highest BCUT2D eigenvalue weighted by atomic mass is 32.1. The lowest BCUT2D eigenvalue weighted by Gasteiger charge is -2.25. The van der Waals surface area contributed by atoms with Crippen molar-refractivity contribution in [3.8, 4) is 11.5 Å². The zero-order chi connectivity index (χ0) is 24.2. The summed E-state index contributed by atoms with van der Waals surface area (Å²) in [5, 5.41) is 4.05. The van der Waals surface area contributed by atoms with Gasteiger partial charge in [-0.15, -0.1) is 0 Å². The molecule has 0 saturated heterocycles. The lowest BCUT2D eigenvalue weighted by atomic mass is 10.1. The maximum atomic E-state index is 6.00. The number of benzene rings is 1. The van der Waals surface area contributed by atoms with Gasteiger partial charge in [0.25, 0.3) is 0 Å². The van der Waals surface area contributed by atoms with Crippen LogP contribution in [-0.2, 0) is 13.0 Å². The molecule has 0 aliphatic carbocycles. The lowest BCUT2D eigenvalue weighted by molar-refractivity contribution is 0.286. The Balaban J connectivity index is 1.47. The van der Waals surface area contributed by atoms with Crippen molar-refractivity contribution in [3.63, 3.8) is 0 Å². The van der Waals surface area contributed by atoms with Gasteiger partial charge in [0.2, 0.25) is 0 Å². The van der Waals surface area contributed by atoms with Crippen molar-refractivity contribution in [2.24, 2.45) is 0 Å². The minimum absolute atomic E-state index is 0.559. The quantitative estimate of drug-likeness (QED) is 0.278. The third kappa shape index (κ3) is 7.62. The molecule has 0 fully saturated rings. The van der Waals surface area contributed by atoms with Crippen LogP contribution >= 0.6 is 12.2 Å². The van der Waals surface area contributed by atoms with Crippen LogP contribution in [0.15, 0.2) is 55.2 Å². The molecular weight excluding hydrogens is 448 g/mol. The normalized spacial score (nSPS) is 10.6. The number of imidazole rings is 1. The van der Waals surface area contributed by atoms with Gasteiger partial charge in [0, 0.05) is 50.0 Å². The third-order valence-electron chi connectivity index (χ3n) is 5.41. The van der Waals surface area contributed by atoms with Gasteiger partial charge in [-0.2, -0.15) is 0 Å². The zero-order valence-corrected chi connectivity index (χ0v) is 20.8. The molecule has 0 radical (unpaired) electrons. The van der Waals surface area contributed by atoms with Crippen molar-refractivity contribution in [1.29, 1.82) is 0 Å². The summed E-state index contributed by atoms with van der Waals surface area (Å²) in [6.07, 6.45) is 11.2. The van der Waals surface area contributed by atoms with E-state index in [0.717, 1.165) is 56.8 Å². The first kappa shape index (κ1) is 25.3. The minimum atomic E-state index is 0.559. The van der Waals surface area contributed by atoms with Gasteiger partial charge in [-0.25, -0.2) is 9.97 Å². The van der Waals surface area contributed by atoms with Crippen molar-refractivity contribution >= 4 is 28.8 Å². The van der Waals surface area contributed by atoms with Crippen molar-refractivity contribution in [1.82, 2.24) is 19.9 Å². The highest BCUT2D eigenvalue weighted by Crippen LogP contribution is 2.32. The van der Waals surface area contributed by atoms with E-state index in [0.29, 0.717) is 23.3 Å². The molecule has 9 heteroatoms. The van der Waals surface area contributed by atoms with E-state index in [-0.39, 0.29) is 0 Å². The van der Waals surface area contributed by atoms with Gasteiger partial charge in [0.15, 0.2) is 16.6 Å². The fourth-order valence-corrected chi connectivity index (χ4v) is 3.96. The predicted molar refractivity (Wildman–Crippen MR) is 141 cm³/mol. The van der Waals surface area contributed by atoms with Gasteiger partial charge in [-0.1, -0.05) is 0 Å². The van der Waals surface area contributed by atoms with Crippen LogP contribution in [0.2, 0.25) is 0 Å². The van der Waals surface area contributed by atoms with Crippen LogP contribution in [0.1, 0.15) is 31.7 Å². The van der Waals surface area contributed by atoms with Crippen LogP contribution in [0.3, 0.4) is 0 Å². The van der Waals surface area contributed by atoms with Crippen molar-refractivity contribution in [2.75, 3.05) is 37.4 Å². The van der Waals surface area contributed by atoms with E-state index >= 15 is 0 Å². The van der Waals surface area contributed by atoms with Gasteiger partial charge in [-0.05, 0) is 74.7 Å². The van der Waals surface area contributed by atoms with Crippen LogP contribution in [0.25, 0.3) is 0 Å². The number of nitrogens with one attached hydrogen (secondary N) is 1. The molecule has 182 valence electrons. The number of rotatable bonds is 13. The number of aromatic nitrogens is 3. The smallest absolute Gasteiger partial charge is 0.173 e. The monoisotopic (exact) mass is 482 g/mol. The van der Waals surface area contributed by atoms with Gasteiger partial charge in [0.1, 0.15) is 5.82 Å². The Labute approximate surface area is 207 Å². The molecule has 0 saturated carbocycles. The molecule has 0 unspecified atom stereocenters. The summed E-state index contributed by atoms with van der Waals surface area (Å²) in [4.78, 5) is 10.1. The number of nitrogen functional groups attached to an aromatic ring is 1. The average Bonchev–Trinajstić information content (AvgIpc) is 3.36. The van der Waals surface area contributed by atoms with Gasteiger partial charge >= 0.3 is 0 Å². The molecule has 8 nitrogen and oxygen atoms in total. The molecule has 2 heterocycles. The molecule has 0 spiro atoms. The summed E-state index contributed by atoms with van der Waals surface area (Å²) in [5.74, 6) is 1.99. The molecule has 0 aliphatic heterocycles. The van der Waals surface area contributed by atoms with Crippen LogP contribution in [0.4, 0.5) is 11.5 Å². The standard InChI is InChI=1S/C25H34N6O2S/c1-3-31(25(34)29-11-6-14-30-15-13-27-19-30)21-8-9-22(23(18-21)32-2)33-16-5-4-7-20-10-12-28-24(26)17-20/h8-10,12-13,15,17-19H,3-7,11,14,16H2,1-2H3,(H2,26,28)(H,29,34). The minimum Gasteiger partial charge on any atom is -0.493 e. The Bertz CT molecular complexity index is 1030. The van der Waals surface area contributed by atoms with Gasteiger partial charge in [-0.3, -0.25) is 0 Å². The summed E-state index contributed by atoms with van der Waals surface area (Å²) in [7, 11) is 1.66. The number of methoxy groups -OCH3 is 1. The van der Waals surface area contributed by atoms with E-state index in [1.54, 1.807) is 19.5 Å². The number of nitrogens with two attached hydrogens (primary N) is 1. The van der Waals surface area contributed by atoms with Gasteiger partial charge < -0.3 is 30.0 Å². The maximum Gasteiger partial charge on any atom is 0.173 e. The fraction of sp³-hybridized carbons (Fsp3) is 0.400. The van der Waals surface area contributed by atoms with Crippen molar-refractivity contribution in [3.05, 3.63) is 60.8 Å². The van der Waals surface area contributed by atoms with E-state index in [1.165, 1.54) is 5.56 Å². The fourth-order valence-electron chi connectivity index (χ4n) is 3.62. The SMILES string of the molecule is CCN(C(=S)NCCCn1ccnc1)c1ccc(OCCCCc2ccnc(N)c2)c(OC)c1. The first-order valence-electron chi connectivity index (χ1n) is 11.6. The molecule has 0 aliphatic rings. The van der Waals surface area contributed by atoms with Crippen molar-refractivity contribution in [2.45, 2.75) is 39.2 Å². The Hall–Kier alpha value is -3.33. The highest BCUT2D eigenvalue weighted by Gasteiger charge is 2.13. The predicted octanol–water partition coefficient (Wildman–Crippen LogP) is 4.06. The van der Waals surface area contributed by atoms with Crippen molar-refractivity contribution < 1.29 is 9.47 Å². The molecule has 0 atom stereocenters. The van der Waals surface area contributed by atoms with E-state index in [1.807, 2.05) is 42.9 Å². The van der Waals surface area contributed by atoms with Crippen LogP contribution in [0.5, 0.6) is 11.5 Å². The van der Waals surface area contributed by atoms with E-state index in [2.05, 4.69) is 31.7 Å². The third-order valence-corrected chi connectivity index (χ3v) is 5.78. The molecule has 0 amide bonds. The second kappa shape index (κ2) is 13.4. The number of thiocarbonyl (C=S) groups is 1. The Morgan fingerprint density at radius 1 is 1.15 bits per heavy atom. The first-order chi connectivity index (χ1) is 16.6. The number of hydrogen-bond acceptors (Lipinski definition) is 6. The summed E-state index contributed by atoms with van der Waals surface area (Å²) in [5.41, 5.74) is 7.90. The number of pyridine rings is 1. The Morgan fingerprint density at radius 2 is 2.03 bits per heavy atom. The molecule has 0 bridgehead atoms. The number of unbranched alkanes of at least 4 members (excludes halogenated alkanes) is 1. The van der Waals surface area contributed by atoms with Crippen LogP contribution < -0.4 is 25.4 Å². The number of anilines is 2. The Kier molecular flexibility index (Phi) is 9.97. The number of aryl methyl sites for hydroxylation is 2. The highest BCUT2D eigenvalue weighted by molar-refractivity contribution is 7.80. The molecule has 2 aromatic heterocycles. The van der Waals surface area contributed by atoms with E-state index in [4.69, 9.17) is 27.4 Å². The molecule has 3 rings (SSSR count). The number of hydrogen-bond donors (Lipinski definition) is 2. The summed E-state index contributed by atoms with van der Waals surface area (Å²) in [6, 6.07) is 9.85. The van der Waals surface area contributed by atoms with E-state index < -0.39 is 0 Å². The van der Waals surface area contributed by atoms with E-state index in [9.17, 15) is 0 Å². The Morgan fingerprint density at radius 3 is 2.76 bits per heavy atom.